The van der Waals surface area contributed by atoms with Crippen molar-refractivity contribution in [3.63, 3.8) is 0 Å². The molecule has 0 amide bonds. The summed E-state index contributed by atoms with van der Waals surface area (Å²) in [6.07, 6.45) is 11.5. The topological polar surface area (TPSA) is 0 Å². The first kappa shape index (κ1) is 13.1. The Bertz CT molecular complexity index is 414. The van der Waals surface area contributed by atoms with Crippen molar-refractivity contribution < 1.29 is 22.7 Å². The van der Waals surface area contributed by atoms with E-state index < -0.39 is 21.3 Å². The molecular formula is C13H18ClZr-. The van der Waals surface area contributed by atoms with Crippen LogP contribution in [0.15, 0.2) is 42.0 Å². The van der Waals surface area contributed by atoms with Crippen LogP contribution in [-0.2, 0) is 21.3 Å². The molecule has 0 radical (unpaired) electrons. The van der Waals surface area contributed by atoms with E-state index in [0.29, 0.717) is 0 Å². The number of halogens is 1. The quantitative estimate of drug-likeness (QED) is 0.722. The third-order valence-electron chi connectivity index (χ3n) is 3.07. The summed E-state index contributed by atoms with van der Waals surface area (Å²) in [4.78, 5) is 0. The fourth-order valence-electron chi connectivity index (χ4n) is 1.93. The molecule has 0 heterocycles. The van der Waals surface area contributed by atoms with Crippen molar-refractivity contribution in [1.82, 2.24) is 0 Å². The minimum atomic E-state index is -1.60. The normalized spacial score (nSPS) is 18.8. The van der Waals surface area contributed by atoms with E-state index in [1.807, 2.05) is 0 Å². The van der Waals surface area contributed by atoms with Crippen molar-refractivity contribution in [2.75, 3.05) is 0 Å². The molecule has 0 aromatic heterocycles. The maximum Gasteiger partial charge on any atom is -1.00 e. The predicted octanol–water partition coefficient (Wildman–Crippen LogP) is 4.04. The van der Waals surface area contributed by atoms with Gasteiger partial charge in [0.25, 0.3) is 0 Å². The minimum Gasteiger partial charge on any atom is -1.00 e. The van der Waals surface area contributed by atoms with E-state index in [1.54, 1.807) is 12.1 Å². The molecule has 0 fully saturated rings. The van der Waals surface area contributed by atoms with Crippen LogP contribution in [0.5, 0.6) is 0 Å². The molecule has 15 heavy (non-hydrogen) atoms. The zero-order chi connectivity index (χ0) is 10.1. The molecule has 2 aliphatic rings. The zero-order valence-corrected chi connectivity index (χ0v) is 12.6. The van der Waals surface area contributed by atoms with Gasteiger partial charge in [0.1, 0.15) is 0 Å². The van der Waals surface area contributed by atoms with Crippen molar-refractivity contribution in [2.24, 2.45) is 0 Å². The molecular weight excluding hydrogens is 283 g/mol. The first-order valence-corrected chi connectivity index (χ1v) is 9.30. The molecule has 2 heteroatoms. The van der Waals surface area contributed by atoms with Crippen molar-refractivity contribution in [3.05, 3.63) is 42.0 Å². The first-order chi connectivity index (χ1) is 6.68. The smallest absolute Gasteiger partial charge is 1.00 e. The maximum atomic E-state index is 4.46. The summed E-state index contributed by atoms with van der Waals surface area (Å²) >= 11 is -1.60. The van der Waals surface area contributed by atoms with Gasteiger partial charge in [-0.25, -0.2) is 0 Å². The molecule has 0 spiro atoms. The van der Waals surface area contributed by atoms with Crippen LogP contribution >= 0.6 is 12.4 Å². The molecule has 0 saturated carbocycles. The SMILES string of the molecule is Cl.[CH2]=[Zr]([C]1=CC=CC1)[C]1=CC(C)=C(C)C1.[H-]. The molecule has 0 atom stereocenters. The van der Waals surface area contributed by atoms with Crippen LogP contribution in [0.3, 0.4) is 0 Å². The fourth-order valence-corrected chi connectivity index (χ4v) is 6.71. The standard InChI is InChI=1S/C7H9.C5H5.CH2.ClH.Zr.H/c1-6-4-3-5-7(6)2;1-2-4-5-3-1;;;;/h4H,5H2,1-2H3;1-3H,4H2;1H2;1H;;/q;;;;;-1. The Balaban J connectivity index is 0.00000112. The van der Waals surface area contributed by atoms with E-state index in [-0.39, 0.29) is 13.8 Å². The summed E-state index contributed by atoms with van der Waals surface area (Å²) in [6, 6.07) is 0. The van der Waals surface area contributed by atoms with E-state index in [4.69, 9.17) is 0 Å². The minimum absolute atomic E-state index is 0. The predicted molar refractivity (Wildman–Crippen MR) is 68.4 cm³/mol. The van der Waals surface area contributed by atoms with Crippen LogP contribution in [-0.4, -0.2) is 4.21 Å². The molecule has 0 unspecified atom stereocenters. The van der Waals surface area contributed by atoms with E-state index >= 15 is 0 Å². The Morgan fingerprint density at radius 3 is 2.53 bits per heavy atom. The summed E-state index contributed by atoms with van der Waals surface area (Å²) in [5.74, 6) is 0. The average Bonchev–Trinajstić information content (AvgIpc) is 2.76. The van der Waals surface area contributed by atoms with Crippen LogP contribution in [0.4, 0.5) is 0 Å². The van der Waals surface area contributed by atoms with Crippen molar-refractivity contribution in [3.8, 4) is 0 Å². The summed E-state index contributed by atoms with van der Waals surface area (Å²) < 4.78 is 7.80. The Morgan fingerprint density at radius 1 is 1.33 bits per heavy atom. The molecule has 2 rings (SSSR count). The van der Waals surface area contributed by atoms with Crippen LogP contribution in [0.25, 0.3) is 0 Å². The molecule has 0 aliphatic heterocycles. The summed E-state index contributed by atoms with van der Waals surface area (Å²) in [5, 5.41) is 0. The summed E-state index contributed by atoms with van der Waals surface area (Å²) in [7, 11) is 0. The molecule has 0 N–H and O–H groups in total. The van der Waals surface area contributed by atoms with Gasteiger partial charge in [-0.15, -0.1) is 12.4 Å². The molecule has 2 aliphatic carbocycles. The second-order valence-electron chi connectivity index (χ2n) is 4.11. The Morgan fingerprint density at radius 2 is 2.07 bits per heavy atom. The van der Waals surface area contributed by atoms with Gasteiger partial charge in [-0.05, 0) is 0 Å². The Hall–Kier alpha value is 0.00312. The Kier molecular flexibility index (Phi) is 4.68. The van der Waals surface area contributed by atoms with Gasteiger partial charge in [-0.1, -0.05) is 0 Å². The number of hydrogen-bond donors (Lipinski definition) is 0. The molecule has 82 valence electrons. The van der Waals surface area contributed by atoms with Crippen LogP contribution in [0.2, 0.25) is 0 Å². The summed E-state index contributed by atoms with van der Waals surface area (Å²) in [6.45, 7) is 4.47. The van der Waals surface area contributed by atoms with E-state index in [9.17, 15) is 0 Å². The van der Waals surface area contributed by atoms with Crippen molar-refractivity contribution in [2.45, 2.75) is 26.7 Å². The third-order valence-corrected chi connectivity index (χ3v) is 8.58. The van der Waals surface area contributed by atoms with E-state index in [1.165, 1.54) is 18.4 Å². The van der Waals surface area contributed by atoms with Crippen LogP contribution in [0, 0.1) is 0 Å². The maximum absolute atomic E-state index is 4.46. The zero-order valence-electron chi connectivity index (χ0n) is 10.3. The number of allylic oxidation sites excluding steroid dienone is 8. The third kappa shape index (κ3) is 2.77. The van der Waals surface area contributed by atoms with Gasteiger partial charge in [0.05, 0.1) is 0 Å². The molecule has 0 saturated heterocycles. The molecule has 0 aromatic rings. The van der Waals surface area contributed by atoms with E-state index in [0.717, 1.165) is 0 Å². The van der Waals surface area contributed by atoms with Crippen LogP contribution in [0.1, 0.15) is 28.1 Å². The van der Waals surface area contributed by atoms with Crippen molar-refractivity contribution in [1.29, 1.82) is 0 Å². The van der Waals surface area contributed by atoms with Crippen LogP contribution < -0.4 is 0 Å². The first-order valence-electron chi connectivity index (χ1n) is 5.11. The van der Waals surface area contributed by atoms with Gasteiger partial charge >= 0.3 is 94.2 Å². The second-order valence-corrected chi connectivity index (χ2v) is 9.62. The average molecular weight is 301 g/mol. The van der Waals surface area contributed by atoms with Gasteiger partial charge in [0.2, 0.25) is 0 Å². The van der Waals surface area contributed by atoms with E-state index in [2.05, 4.69) is 42.4 Å². The fraction of sp³-hybridized carbons (Fsp3) is 0.308. The number of hydrogen-bond acceptors (Lipinski definition) is 0. The molecule has 0 bridgehead atoms. The van der Waals surface area contributed by atoms with Gasteiger partial charge in [-0.3, -0.25) is 0 Å². The second kappa shape index (κ2) is 5.37. The summed E-state index contributed by atoms with van der Waals surface area (Å²) in [5.41, 5.74) is 3.03. The molecule has 0 aromatic carbocycles. The molecule has 0 nitrogen and oxygen atoms in total. The largest absolute Gasteiger partial charge is 1.00 e. The van der Waals surface area contributed by atoms with Gasteiger partial charge < -0.3 is 1.43 Å². The van der Waals surface area contributed by atoms with Crippen molar-refractivity contribution >= 4 is 16.6 Å². The van der Waals surface area contributed by atoms with Gasteiger partial charge in [0, 0.05) is 0 Å². The van der Waals surface area contributed by atoms with Gasteiger partial charge in [-0.2, -0.15) is 0 Å². The monoisotopic (exact) mass is 299 g/mol. The Labute approximate surface area is 108 Å². The number of rotatable bonds is 2. The van der Waals surface area contributed by atoms with Gasteiger partial charge in [0.15, 0.2) is 0 Å².